The molecular formula is C21H23N5OS. The van der Waals surface area contributed by atoms with E-state index >= 15 is 0 Å². The molecule has 0 N–H and O–H groups in total. The van der Waals surface area contributed by atoms with E-state index in [9.17, 15) is 4.79 Å². The summed E-state index contributed by atoms with van der Waals surface area (Å²) < 4.78 is 1.95. The Labute approximate surface area is 169 Å². The van der Waals surface area contributed by atoms with Gasteiger partial charge in [-0.1, -0.05) is 36.0 Å². The first kappa shape index (κ1) is 18.7. The Morgan fingerprint density at radius 2 is 1.75 bits per heavy atom. The zero-order valence-electron chi connectivity index (χ0n) is 15.9. The fourth-order valence-corrected chi connectivity index (χ4v) is 3.99. The summed E-state index contributed by atoms with van der Waals surface area (Å²) in [4.78, 5) is 26.3. The highest BCUT2D eigenvalue weighted by Gasteiger charge is 2.26. The molecule has 0 radical (unpaired) electrons. The lowest BCUT2D eigenvalue weighted by Crippen LogP contribution is -2.48. The van der Waals surface area contributed by atoms with Crippen LogP contribution in [0.25, 0.3) is 5.69 Å². The number of benzene rings is 1. The second-order valence-electron chi connectivity index (χ2n) is 6.69. The second kappa shape index (κ2) is 8.58. The molecule has 1 aromatic carbocycles. The molecule has 144 valence electrons. The first-order chi connectivity index (χ1) is 13.8. The molecule has 1 fully saturated rings. The summed E-state index contributed by atoms with van der Waals surface area (Å²) in [6.07, 6.45) is 5.50. The summed E-state index contributed by atoms with van der Waals surface area (Å²) in [6.45, 7) is 3.93. The van der Waals surface area contributed by atoms with Crippen LogP contribution in [0.15, 0.2) is 66.1 Å². The molecule has 6 nitrogen and oxygen atoms in total. The van der Waals surface area contributed by atoms with Crippen molar-refractivity contribution in [2.75, 3.05) is 32.4 Å². The number of piperazine rings is 1. The normalized spacial score (nSPS) is 15.0. The van der Waals surface area contributed by atoms with Crippen LogP contribution in [-0.4, -0.2) is 62.7 Å². The van der Waals surface area contributed by atoms with E-state index in [1.807, 2.05) is 70.5 Å². The molecule has 0 spiro atoms. The number of amides is 1. The number of nitrogens with zero attached hydrogens (tertiary/aromatic N) is 5. The third kappa shape index (κ3) is 3.95. The zero-order valence-corrected chi connectivity index (χ0v) is 16.7. The maximum Gasteiger partial charge on any atom is 0.272 e. The molecule has 28 heavy (non-hydrogen) atoms. The Balaban J connectivity index is 1.47. The van der Waals surface area contributed by atoms with Crippen LogP contribution < -0.4 is 0 Å². The van der Waals surface area contributed by atoms with Crippen LogP contribution in [0.1, 0.15) is 16.2 Å². The molecule has 1 amide bonds. The van der Waals surface area contributed by atoms with E-state index in [1.54, 1.807) is 18.0 Å². The van der Waals surface area contributed by atoms with Crippen LogP contribution in [0.4, 0.5) is 0 Å². The van der Waals surface area contributed by atoms with Crippen molar-refractivity contribution in [3.8, 4) is 5.69 Å². The fourth-order valence-electron chi connectivity index (χ4n) is 3.45. The highest BCUT2D eigenvalue weighted by molar-refractivity contribution is 7.98. The Morgan fingerprint density at radius 1 is 1.00 bits per heavy atom. The Morgan fingerprint density at radius 3 is 2.43 bits per heavy atom. The maximum atomic E-state index is 13.2. The summed E-state index contributed by atoms with van der Waals surface area (Å²) in [7, 11) is 0. The third-order valence-electron chi connectivity index (χ3n) is 4.92. The predicted molar refractivity (Wildman–Crippen MR) is 111 cm³/mol. The number of carbonyl (C=O) groups is 1. The number of imidazole rings is 1. The minimum Gasteiger partial charge on any atom is -0.335 e. The van der Waals surface area contributed by atoms with Gasteiger partial charge in [0.2, 0.25) is 0 Å². The Kier molecular flexibility index (Phi) is 5.73. The van der Waals surface area contributed by atoms with Crippen LogP contribution >= 0.6 is 11.8 Å². The highest BCUT2D eigenvalue weighted by atomic mass is 32.2. The maximum absolute atomic E-state index is 13.2. The van der Waals surface area contributed by atoms with Gasteiger partial charge >= 0.3 is 0 Å². The van der Waals surface area contributed by atoms with Crippen molar-refractivity contribution in [3.05, 3.63) is 72.3 Å². The molecule has 0 saturated carbocycles. The lowest BCUT2D eigenvalue weighted by Gasteiger charge is -2.34. The average Bonchev–Trinajstić information content (AvgIpc) is 3.19. The van der Waals surface area contributed by atoms with Gasteiger partial charge in [-0.25, -0.2) is 4.98 Å². The molecule has 0 atom stereocenters. The molecule has 0 bridgehead atoms. The predicted octanol–water partition coefficient (Wildman–Crippen LogP) is 2.95. The average molecular weight is 394 g/mol. The first-order valence-electron chi connectivity index (χ1n) is 9.35. The van der Waals surface area contributed by atoms with Gasteiger partial charge in [0.25, 0.3) is 5.91 Å². The van der Waals surface area contributed by atoms with Gasteiger partial charge in [0.15, 0.2) is 5.16 Å². The molecule has 2 aromatic heterocycles. The summed E-state index contributed by atoms with van der Waals surface area (Å²) in [5, 5.41) is 0.823. The number of pyridine rings is 1. The third-order valence-corrected chi connectivity index (χ3v) is 5.57. The molecule has 3 aromatic rings. The van der Waals surface area contributed by atoms with Crippen molar-refractivity contribution in [1.29, 1.82) is 0 Å². The summed E-state index contributed by atoms with van der Waals surface area (Å²) >= 11 is 1.54. The van der Waals surface area contributed by atoms with Gasteiger partial charge in [0.1, 0.15) is 5.69 Å². The van der Waals surface area contributed by atoms with Crippen molar-refractivity contribution >= 4 is 17.7 Å². The summed E-state index contributed by atoms with van der Waals surface area (Å²) in [6, 6.07) is 15.9. The highest BCUT2D eigenvalue weighted by Crippen LogP contribution is 2.23. The van der Waals surface area contributed by atoms with Crippen LogP contribution in [0, 0.1) is 0 Å². The number of hydrogen-bond donors (Lipinski definition) is 0. The van der Waals surface area contributed by atoms with E-state index in [1.165, 1.54) is 0 Å². The molecule has 3 heterocycles. The van der Waals surface area contributed by atoms with Gasteiger partial charge in [0.05, 0.1) is 11.9 Å². The minimum absolute atomic E-state index is 0.0362. The lowest BCUT2D eigenvalue weighted by atomic mass is 10.2. The number of thioether (sulfide) groups is 1. The van der Waals surface area contributed by atoms with Crippen molar-refractivity contribution in [2.24, 2.45) is 0 Å². The van der Waals surface area contributed by atoms with Crippen LogP contribution in [0.5, 0.6) is 0 Å². The van der Waals surface area contributed by atoms with Gasteiger partial charge in [0, 0.05) is 44.6 Å². The lowest BCUT2D eigenvalue weighted by molar-refractivity contribution is 0.0618. The molecule has 0 aliphatic carbocycles. The Bertz CT molecular complexity index is 920. The molecule has 1 aliphatic rings. The number of aromatic nitrogens is 3. The van der Waals surface area contributed by atoms with Gasteiger partial charge in [-0.2, -0.15) is 0 Å². The molecule has 1 aliphatic heterocycles. The van der Waals surface area contributed by atoms with Crippen LogP contribution in [0.3, 0.4) is 0 Å². The topological polar surface area (TPSA) is 54.3 Å². The minimum atomic E-state index is 0.0362. The Hall–Kier alpha value is -2.64. The smallest absolute Gasteiger partial charge is 0.272 e. The molecule has 7 heteroatoms. The number of carbonyl (C=O) groups excluding carboxylic acids is 1. The zero-order chi connectivity index (χ0) is 19.3. The largest absolute Gasteiger partial charge is 0.335 e. The van der Waals surface area contributed by atoms with Gasteiger partial charge in [-0.05, 0) is 30.5 Å². The van der Waals surface area contributed by atoms with E-state index in [0.29, 0.717) is 18.8 Å². The first-order valence-corrected chi connectivity index (χ1v) is 10.6. The summed E-state index contributed by atoms with van der Waals surface area (Å²) in [5.74, 6) is 0.0362. The molecular weight excluding hydrogens is 370 g/mol. The van der Waals surface area contributed by atoms with Crippen molar-refractivity contribution in [1.82, 2.24) is 24.3 Å². The van der Waals surface area contributed by atoms with Gasteiger partial charge < -0.3 is 4.90 Å². The van der Waals surface area contributed by atoms with Gasteiger partial charge in [-0.15, -0.1) is 0 Å². The standard InChI is InChI=1S/C21H23N5OS/c1-28-21-23-15-19(26(21)18-8-3-2-4-9-18)20(27)25-13-11-24(12-14-25)16-17-7-5-6-10-22-17/h2-10,15H,11-14,16H2,1H3. The van der Waals surface area contributed by atoms with E-state index in [4.69, 9.17) is 0 Å². The van der Waals surface area contributed by atoms with Crippen molar-refractivity contribution in [2.45, 2.75) is 11.7 Å². The molecule has 1 saturated heterocycles. The molecule has 4 rings (SSSR count). The fraction of sp³-hybridized carbons (Fsp3) is 0.286. The van der Waals surface area contributed by atoms with Gasteiger partial charge in [-0.3, -0.25) is 19.2 Å². The van der Waals surface area contributed by atoms with Crippen molar-refractivity contribution in [3.63, 3.8) is 0 Å². The molecule has 0 unspecified atom stereocenters. The van der Waals surface area contributed by atoms with Crippen molar-refractivity contribution < 1.29 is 4.79 Å². The van der Waals surface area contributed by atoms with E-state index in [-0.39, 0.29) is 5.91 Å². The van der Waals surface area contributed by atoms with Crippen LogP contribution in [0.2, 0.25) is 0 Å². The summed E-state index contributed by atoms with van der Waals surface area (Å²) in [5.41, 5.74) is 2.64. The quantitative estimate of drug-likeness (QED) is 0.624. The number of para-hydroxylation sites is 1. The number of hydrogen-bond acceptors (Lipinski definition) is 5. The van der Waals surface area contributed by atoms with E-state index in [0.717, 1.165) is 36.2 Å². The van der Waals surface area contributed by atoms with Crippen LogP contribution in [-0.2, 0) is 6.54 Å². The second-order valence-corrected chi connectivity index (χ2v) is 7.46. The van der Waals surface area contributed by atoms with E-state index in [2.05, 4.69) is 14.9 Å². The number of rotatable bonds is 5. The monoisotopic (exact) mass is 393 g/mol. The SMILES string of the molecule is CSc1ncc(C(=O)N2CCN(Cc3ccccn3)CC2)n1-c1ccccc1. The van der Waals surface area contributed by atoms with E-state index < -0.39 is 0 Å².